The first-order valence-electron chi connectivity index (χ1n) is 7.95. The van der Waals surface area contributed by atoms with Crippen LogP contribution in [0.5, 0.6) is 5.75 Å². The number of hydrogen-bond donors (Lipinski definition) is 2. The molecule has 0 spiro atoms. The smallest absolute Gasteiger partial charge is 0.289 e. The zero-order chi connectivity index (χ0) is 18.2. The van der Waals surface area contributed by atoms with Crippen molar-refractivity contribution < 1.29 is 19.1 Å². The highest BCUT2D eigenvalue weighted by Gasteiger charge is 2.11. The number of anilines is 1. The second-order valence-corrected chi connectivity index (χ2v) is 5.40. The fraction of sp³-hybridized carbons (Fsp3) is 0.211. The summed E-state index contributed by atoms with van der Waals surface area (Å²) in [7, 11) is 0. The second-order valence-electron chi connectivity index (χ2n) is 5.40. The Morgan fingerprint density at radius 3 is 2.20 bits per heavy atom. The molecule has 25 heavy (non-hydrogen) atoms. The number of nitrogens with two attached hydrogens (primary N) is 1. The Kier molecular flexibility index (Phi) is 6.28. The second kappa shape index (κ2) is 8.63. The number of Topliss-reactive ketones (excluding diaryl/α,β-unsaturated/α-hetero) is 1. The normalized spacial score (nSPS) is 10.1. The maximum atomic E-state index is 12.0. The van der Waals surface area contributed by atoms with E-state index < -0.39 is 11.7 Å². The van der Waals surface area contributed by atoms with Crippen LogP contribution in [0.2, 0.25) is 0 Å². The van der Waals surface area contributed by atoms with E-state index in [4.69, 9.17) is 10.5 Å². The molecule has 0 radical (unpaired) electrons. The van der Waals surface area contributed by atoms with Crippen molar-refractivity contribution in [2.75, 3.05) is 11.9 Å². The molecule has 6 heteroatoms. The minimum absolute atomic E-state index is 0.110. The molecule has 0 fully saturated rings. The standard InChI is InChI=1S/C19H20N2O4/c1-2-25-16-10-8-15(9-11-16)21-17(22)12-5-13-3-6-14(7-4-13)18(23)19(20)24/h3-4,6-11H,2,5,12H2,1H3,(H2,20,24)(H,21,22). The number of benzene rings is 2. The fourth-order valence-corrected chi connectivity index (χ4v) is 2.25. The van der Waals surface area contributed by atoms with Crippen LogP contribution in [0.15, 0.2) is 48.5 Å². The molecule has 0 atom stereocenters. The van der Waals surface area contributed by atoms with Gasteiger partial charge in [0.05, 0.1) is 6.61 Å². The van der Waals surface area contributed by atoms with Gasteiger partial charge in [0.15, 0.2) is 0 Å². The number of nitrogens with one attached hydrogen (secondary N) is 1. The summed E-state index contributed by atoms with van der Waals surface area (Å²) in [6.45, 7) is 2.50. The van der Waals surface area contributed by atoms with Crippen LogP contribution in [0, 0.1) is 0 Å². The summed E-state index contributed by atoms with van der Waals surface area (Å²) in [4.78, 5) is 34.3. The van der Waals surface area contributed by atoms with Gasteiger partial charge in [-0.1, -0.05) is 24.3 Å². The Labute approximate surface area is 146 Å². The molecule has 0 aliphatic heterocycles. The van der Waals surface area contributed by atoms with Crippen LogP contribution in [-0.4, -0.2) is 24.2 Å². The van der Waals surface area contributed by atoms with E-state index in [1.165, 1.54) is 12.1 Å². The highest BCUT2D eigenvalue weighted by molar-refractivity contribution is 6.42. The van der Waals surface area contributed by atoms with Gasteiger partial charge in [-0.2, -0.15) is 0 Å². The monoisotopic (exact) mass is 340 g/mol. The summed E-state index contributed by atoms with van der Waals surface area (Å²) < 4.78 is 5.35. The van der Waals surface area contributed by atoms with E-state index in [0.717, 1.165) is 11.3 Å². The first-order valence-corrected chi connectivity index (χ1v) is 7.95. The first kappa shape index (κ1) is 18.2. The van der Waals surface area contributed by atoms with Crippen molar-refractivity contribution in [2.24, 2.45) is 5.73 Å². The van der Waals surface area contributed by atoms with Crippen LogP contribution in [-0.2, 0) is 16.0 Å². The van der Waals surface area contributed by atoms with Crippen LogP contribution >= 0.6 is 0 Å². The molecule has 2 aromatic rings. The number of carbonyl (C=O) groups excluding carboxylic acids is 3. The largest absolute Gasteiger partial charge is 0.494 e. The third kappa shape index (κ3) is 5.46. The molecule has 0 saturated carbocycles. The van der Waals surface area contributed by atoms with Crippen LogP contribution in [0.1, 0.15) is 29.3 Å². The Bertz CT molecular complexity index is 752. The van der Waals surface area contributed by atoms with Crippen molar-refractivity contribution in [3.05, 3.63) is 59.7 Å². The molecular formula is C19H20N2O4. The van der Waals surface area contributed by atoms with Gasteiger partial charge in [-0.3, -0.25) is 14.4 Å². The van der Waals surface area contributed by atoms with E-state index in [2.05, 4.69) is 5.32 Å². The molecule has 0 unspecified atom stereocenters. The van der Waals surface area contributed by atoms with Gasteiger partial charge in [0, 0.05) is 17.7 Å². The molecule has 0 saturated heterocycles. The SMILES string of the molecule is CCOc1ccc(NC(=O)CCc2ccc(C(=O)C(N)=O)cc2)cc1. The van der Waals surface area contributed by atoms with E-state index in [1.807, 2.05) is 6.92 Å². The van der Waals surface area contributed by atoms with Crippen LogP contribution in [0.4, 0.5) is 5.69 Å². The lowest BCUT2D eigenvalue weighted by Gasteiger charge is -2.07. The van der Waals surface area contributed by atoms with Gasteiger partial charge in [0.2, 0.25) is 11.7 Å². The number of ketones is 1. The van der Waals surface area contributed by atoms with Crippen molar-refractivity contribution >= 4 is 23.3 Å². The molecule has 0 heterocycles. The van der Waals surface area contributed by atoms with Gasteiger partial charge in [0.25, 0.3) is 5.91 Å². The summed E-state index contributed by atoms with van der Waals surface area (Å²) in [5, 5.41) is 2.82. The zero-order valence-corrected chi connectivity index (χ0v) is 14.0. The average Bonchev–Trinajstić information content (AvgIpc) is 2.61. The Morgan fingerprint density at radius 2 is 1.64 bits per heavy atom. The average molecular weight is 340 g/mol. The number of aryl methyl sites for hydroxylation is 1. The molecular weight excluding hydrogens is 320 g/mol. The van der Waals surface area contributed by atoms with Gasteiger partial charge >= 0.3 is 0 Å². The molecule has 3 N–H and O–H groups in total. The quantitative estimate of drug-likeness (QED) is 0.569. The van der Waals surface area contributed by atoms with Crippen molar-refractivity contribution in [3.8, 4) is 5.75 Å². The van der Waals surface area contributed by atoms with Gasteiger partial charge in [-0.25, -0.2) is 0 Å². The van der Waals surface area contributed by atoms with Gasteiger partial charge in [0.1, 0.15) is 5.75 Å². The summed E-state index contributed by atoms with van der Waals surface area (Å²) in [6.07, 6.45) is 0.824. The number of ether oxygens (including phenoxy) is 1. The van der Waals surface area contributed by atoms with Gasteiger partial charge in [-0.05, 0) is 43.2 Å². The van der Waals surface area contributed by atoms with Crippen LogP contribution in [0.25, 0.3) is 0 Å². The van der Waals surface area contributed by atoms with E-state index in [1.54, 1.807) is 36.4 Å². The highest BCUT2D eigenvalue weighted by atomic mass is 16.5. The lowest BCUT2D eigenvalue weighted by Crippen LogP contribution is -2.22. The summed E-state index contributed by atoms with van der Waals surface area (Å²) >= 11 is 0. The predicted octanol–water partition coefficient (Wildman–Crippen LogP) is 2.32. The van der Waals surface area contributed by atoms with Gasteiger partial charge in [-0.15, -0.1) is 0 Å². The molecule has 2 amide bonds. The molecule has 0 aromatic heterocycles. The molecule has 0 bridgehead atoms. The summed E-state index contributed by atoms with van der Waals surface area (Å²) in [5.74, 6) is -1.06. The van der Waals surface area contributed by atoms with E-state index in [9.17, 15) is 14.4 Å². The van der Waals surface area contributed by atoms with E-state index >= 15 is 0 Å². The van der Waals surface area contributed by atoms with E-state index in [-0.39, 0.29) is 11.5 Å². The maximum absolute atomic E-state index is 12.0. The first-order chi connectivity index (χ1) is 12.0. The number of carbonyl (C=O) groups is 3. The summed E-state index contributed by atoms with van der Waals surface area (Å²) in [5.41, 5.74) is 6.80. The minimum atomic E-state index is -0.984. The molecule has 130 valence electrons. The number of primary amides is 1. The topological polar surface area (TPSA) is 98.5 Å². The maximum Gasteiger partial charge on any atom is 0.289 e. The minimum Gasteiger partial charge on any atom is -0.494 e. The van der Waals surface area contributed by atoms with E-state index in [0.29, 0.717) is 25.1 Å². The third-order valence-electron chi connectivity index (χ3n) is 3.53. The van der Waals surface area contributed by atoms with Crippen molar-refractivity contribution in [1.82, 2.24) is 0 Å². The molecule has 6 nitrogen and oxygen atoms in total. The molecule has 2 rings (SSSR count). The zero-order valence-electron chi connectivity index (χ0n) is 14.0. The van der Waals surface area contributed by atoms with Crippen molar-refractivity contribution in [2.45, 2.75) is 19.8 Å². The lowest BCUT2D eigenvalue weighted by molar-refractivity contribution is -0.116. The number of rotatable bonds is 8. The fourth-order valence-electron chi connectivity index (χ4n) is 2.25. The summed E-state index contributed by atoms with van der Waals surface area (Å²) in [6, 6.07) is 13.7. The molecule has 0 aliphatic rings. The van der Waals surface area contributed by atoms with Crippen molar-refractivity contribution in [3.63, 3.8) is 0 Å². The molecule has 2 aromatic carbocycles. The Hall–Kier alpha value is -3.15. The van der Waals surface area contributed by atoms with Crippen LogP contribution in [0.3, 0.4) is 0 Å². The Balaban J connectivity index is 1.85. The lowest BCUT2D eigenvalue weighted by atomic mass is 10.0. The highest BCUT2D eigenvalue weighted by Crippen LogP contribution is 2.16. The van der Waals surface area contributed by atoms with Crippen LogP contribution < -0.4 is 15.8 Å². The third-order valence-corrected chi connectivity index (χ3v) is 3.53. The van der Waals surface area contributed by atoms with Gasteiger partial charge < -0.3 is 15.8 Å². The number of hydrogen-bond acceptors (Lipinski definition) is 4. The number of amides is 2. The Morgan fingerprint density at radius 1 is 1.00 bits per heavy atom. The molecule has 0 aliphatic carbocycles. The van der Waals surface area contributed by atoms with Crippen molar-refractivity contribution in [1.29, 1.82) is 0 Å². The predicted molar refractivity (Wildman–Crippen MR) is 94.5 cm³/mol.